The summed E-state index contributed by atoms with van der Waals surface area (Å²) in [7, 11) is 0. The summed E-state index contributed by atoms with van der Waals surface area (Å²) in [6.07, 6.45) is -0.277. The molecular formula is C10H9Cl2NO2. The quantitative estimate of drug-likeness (QED) is 0.802. The number of carbonyl (C=O) groups excluding carboxylic acids is 1. The minimum absolute atomic E-state index is 0.277. The molecule has 3 nitrogen and oxygen atoms in total. The van der Waals surface area contributed by atoms with Crippen LogP contribution >= 0.6 is 23.2 Å². The second-order valence-corrected chi connectivity index (χ2v) is 4.10. The van der Waals surface area contributed by atoms with Crippen molar-refractivity contribution < 1.29 is 9.53 Å². The maximum Gasteiger partial charge on any atom is 0.410 e. The van der Waals surface area contributed by atoms with Gasteiger partial charge < -0.3 is 9.64 Å². The Hall–Kier alpha value is -0.930. The predicted molar refractivity (Wildman–Crippen MR) is 58.2 cm³/mol. The minimum Gasteiger partial charge on any atom is -0.448 e. The topological polar surface area (TPSA) is 29.5 Å². The zero-order chi connectivity index (χ0) is 10.8. The number of hydrogen-bond acceptors (Lipinski definition) is 2. The highest BCUT2D eigenvalue weighted by Crippen LogP contribution is 2.23. The van der Waals surface area contributed by atoms with E-state index < -0.39 is 0 Å². The van der Waals surface area contributed by atoms with E-state index in [1.807, 2.05) is 6.07 Å². The minimum atomic E-state index is -0.277. The summed E-state index contributed by atoms with van der Waals surface area (Å²) < 4.78 is 4.82. The molecule has 0 radical (unpaired) electrons. The third-order valence-electron chi connectivity index (χ3n) is 2.20. The van der Waals surface area contributed by atoms with E-state index in [1.165, 1.54) is 0 Å². The zero-order valence-corrected chi connectivity index (χ0v) is 9.38. The van der Waals surface area contributed by atoms with Gasteiger partial charge >= 0.3 is 6.09 Å². The van der Waals surface area contributed by atoms with Crippen molar-refractivity contribution in [2.75, 3.05) is 13.2 Å². The molecule has 0 unspecified atom stereocenters. The van der Waals surface area contributed by atoms with Gasteiger partial charge in [0.25, 0.3) is 0 Å². The van der Waals surface area contributed by atoms with Gasteiger partial charge in [-0.15, -0.1) is 0 Å². The molecule has 0 N–H and O–H groups in total. The van der Waals surface area contributed by atoms with Crippen LogP contribution in [0.25, 0.3) is 0 Å². The molecule has 0 spiro atoms. The first-order valence-corrected chi connectivity index (χ1v) is 5.28. The van der Waals surface area contributed by atoms with Crippen LogP contribution in [0.4, 0.5) is 4.79 Å². The fourth-order valence-corrected chi connectivity index (χ4v) is 1.75. The number of ether oxygens (including phenoxy) is 1. The predicted octanol–water partition coefficient (Wildman–Crippen LogP) is 2.95. The van der Waals surface area contributed by atoms with Crippen LogP contribution in [0.3, 0.4) is 0 Å². The molecular weight excluding hydrogens is 237 g/mol. The van der Waals surface area contributed by atoms with Crippen LogP contribution in [-0.4, -0.2) is 24.1 Å². The summed E-state index contributed by atoms with van der Waals surface area (Å²) in [4.78, 5) is 12.8. The molecule has 1 aliphatic rings. The average Bonchev–Trinajstić information content (AvgIpc) is 2.59. The van der Waals surface area contributed by atoms with E-state index in [-0.39, 0.29) is 6.09 Å². The number of halogens is 2. The highest BCUT2D eigenvalue weighted by Gasteiger charge is 2.21. The smallest absolute Gasteiger partial charge is 0.410 e. The molecule has 0 bridgehead atoms. The SMILES string of the molecule is O=C1OCCN1Cc1ccc(Cl)c(Cl)c1. The summed E-state index contributed by atoms with van der Waals surface area (Å²) >= 11 is 11.7. The van der Waals surface area contributed by atoms with E-state index in [0.717, 1.165) is 5.56 Å². The third kappa shape index (κ3) is 2.36. The number of carbonyl (C=O) groups is 1. The van der Waals surface area contributed by atoms with Crippen LogP contribution in [0, 0.1) is 0 Å². The standard InChI is InChI=1S/C10H9Cl2NO2/c11-8-2-1-7(5-9(8)12)6-13-3-4-15-10(13)14/h1-2,5H,3-4,6H2. The monoisotopic (exact) mass is 245 g/mol. The molecule has 0 aromatic heterocycles. The Labute approximate surface area is 97.5 Å². The van der Waals surface area contributed by atoms with Crippen molar-refractivity contribution in [1.82, 2.24) is 4.90 Å². The summed E-state index contributed by atoms with van der Waals surface area (Å²) in [6, 6.07) is 5.33. The Bertz CT molecular complexity index is 395. The maximum absolute atomic E-state index is 11.2. The van der Waals surface area contributed by atoms with E-state index in [9.17, 15) is 4.79 Å². The van der Waals surface area contributed by atoms with Crippen molar-refractivity contribution in [3.05, 3.63) is 33.8 Å². The van der Waals surface area contributed by atoms with Crippen LogP contribution in [-0.2, 0) is 11.3 Å². The Balaban J connectivity index is 2.10. The Morgan fingerprint density at radius 3 is 2.73 bits per heavy atom. The number of nitrogens with zero attached hydrogens (tertiary/aromatic N) is 1. The van der Waals surface area contributed by atoms with Gasteiger partial charge in [-0.2, -0.15) is 0 Å². The van der Waals surface area contributed by atoms with Gasteiger partial charge in [0.2, 0.25) is 0 Å². The van der Waals surface area contributed by atoms with Gasteiger partial charge in [-0.25, -0.2) is 4.79 Å². The lowest BCUT2D eigenvalue weighted by molar-refractivity contribution is 0.157. The molecule has 2 rings (SSSR count). The second-order valence-electron chi connectivity index (χ2n) is 3.28. The average molecular weight is 246 g/mol. The number of cyclic esters (lactones) is 1. The summed E-state index contributed by atoms with van der Waals surface area (Å²) in [6.45, 7) is 1.59. The number of rotatable bonds is 2. The Kier molecular flexibility index (Phi) is 3.03. The van der Waals surface area contributed by atoms with Crippen molar-refractivity contribution in [2.45, 2.75) is 6.54 Å². The van der Waals surface area contributed by atoms with Crippen molar-refractivity contribution in [2.24, 2.45) is 0 Å². The molecule has 1 saturated heterocycles. The van der Waals surface area contributed by atoms with Crippen molar-refractivity contribution in [1.29, 1.82) is 0 Å². The van der Waals surface area contributed by atoms with Gasteiger partial charge in [-0.3, -0.25) is 0 Å². The lowest BCUT2D eigenvalue weighted by Gasteiger charge is -2.12. The lowest BCUT2D eigenvalue weighted by Crippen LogP contribution is -2.23. The highest BCUT2D eigenvalue weighted by molar-refractivity contribution is 6.42. The van der Waals surface area contributed by atoms with Gasteiger partial charge in [0.1, 0.15) is 6.61 Å². The van der Waals surface area contributed by atoms with Crippen LogP contribution in [0.1, 0.15) is 5.56 Å². The molecule has 0 atom stereocenters. The number of benzene rings is 1. The molecule has 1 amide bonds. The molecule has 1 heterocycles. The van der Waals surface area contributed by atoms with Crippen LogP contribution < -0.4 is 0 Å². The molecule has 0 saturated carbocycles. The molecule has 80 valence electrons. The molecule has 1 aromatic rings. The zero-order valence-electron chi connectivity index (χ0n) is 7.87. The van der Waals surface area contributed by atoms with Crippen LogP contribution in [0.5, 0.6) is 0 Å². The van der Waals surface area contributed by atoms with Crippen molar-refractivity contribution in [3.8, 4) is 0 Å². The lowest BCUT2D eigenvalue weighted by atomic mass is 10.2. The first-order chi connectivity index (χ1) is 7.16. The normalized spacial score (nSPS) is 15.6. The molecule has 5 heteroatoms. The molecule has 0 aliphatic carbocycles. The molecule has 1 aliphatic heterocycles. The van der Waals surface area contributed by atoms with E-state index >= 15 is 0 Å². The van der Waals surface area contributed by atoms with Crippen LogP contribution in [0.15, 0.2) is 18.2 Å². The van der Waals surface area contributed by atoms with Gasteiger partial charge in [0.05, 0.1) is 16.6 Å². The van der Waals surface area contributed by atoms with E-state index in [2.05, 4.69) is 0 Å². The molecule has 15 heavy (non-hydrogen) atoms. The first-order valence-electron chi connectivity index (χ1n) is 4.52. The van der Waals surface area contributed by atoms with Gasteiger partial charge in [-0.1, -0.05) is 29.3 Å². The number of hydrogen-bond donors (Lipinski definition) is 0. The summed E-state index contributed by atoms with van der Waals surface area (Å²) in [5.74, 6) is 0. The fraction of sp³-hybridized carbons (Fsp3) is 0.300. The second kappa shape index (κ2) is 4.29. The highest BCUT2D eigenvalue weighted by atomic mass is 35.5. The van der Waals surface area contributed by atoms with Gasteiger partial charge in [-0.05, 0) is 17.7 Å². The Morgan fingerprint density at radius 2 is 2.13 bits per heavy atom. The first kappa shape index (κ1) is 10.6. The van der Waals surface area contributed by atoms with E-state index in [0.29, 0.717) is 29.7 Å². The van der Waals surface area contributed by atoms with E-state index in [4.69, 9.17) is 27.9 Å². The summed E-state index contributed by atoms with van der Waals surface area (Å²) in [5.41, 5.74) is 0.947. The largest absolute Gasteiger partial charge is 0.448 e. The van der Waals surface area contributed by atoms with Crippen LogP contribution in [0.2, 0.25) is 10.0 Å². The third-order valence-corrected chi connectivity index (χ3v) is 2.94. The fourth-order valence-electron chi connectivity index (χ4n) is 1.43. The van der Waals surface area contributed by atoms with Gasteiger partial charge in [0, 0.05) is 6.54 Å². The van der Waals surface area contributed by atoms with Crippen molar-refractivity contribution in [3.63, 3.8) is 0 Å². The Morgan fingerprint density at radius 1 is 1.33 bits per heavy atom. The maximum atomic E-state index is 11.2. The number of amides is 1. The van der Waals surface area contributed by atoms with Crippen molar-refractivity contribution >= 4 is 29.3 Å². The van der Waals surface area contributed by atoms with Gasteiger partial charge in [0.15, 0.2) is 0 Å². The molecule has 1 aromatic carbocycles. The van der Waals surface area contributed by atoms with E-state index in [1.54, 1.807) is 17.0 Å². The summed E-state index contributed by atoms with van der Waals surface area (Å²) in [5, 5.41) is 1.02. The molecule has 1 fully saturated rings.